The maximum atomic E-state index is 6.09. The predicted octanol–water partition coefficient (Wildman–Crippen LogP) is 3.15. The highest BCUT2D eigenvalue weighted by atomic mass is 79.9. The van der Waals surface area contributed by atoms with Crippen LogP contribution < -0.4 is 5.73 Å². The molecule has 0 fully saturated rings. The number of rotatable bonds is 3. The van der Waals surface area contributed by atoms with Gasteiger partial charge in [-0.3, -0.25) is 4.98 Å². The summed E-state index contributed by atoms with van der Waals surface area (Å²) in [5, 5.41) is 2.05. The van der Waals surface area contributed by atoms with E-state index >= 15 is 0 Å². The molecule has 2 nitrogen and oxygen atoms in total. The highest BCUT2D eigenvalue weighted by molar-refractivity contribution is 9.10. The minimum Gasteiger partial charge on any atom is -0.323 e. The molecule has 2 N–H and O–H groups in total. The van der Waals surface area contributed by atoms with Crippen molar-refractivity contribution in [1.82, 2.24) is 4.98 Å². The van der Waals surface area contributed by atoms with Crippen LogP contribution in [0.3, 0.4) is 0 Å². The SMILES string of the molecule is NC(Cc1ccccn1)c1cc(Br)cs1. The zero-order valence-corrected chi connectivity index (χ0v) is 10.5. The van der Waals surface area contributed by atoms with Gasteiger partial charge >= 0.3 is 0 Å². The molecule has 0 bridgehead atoms. The molecule has 15 heavy (non-hydrogen) atoms. The first-order valence-corrected chi connectivity index (χ1v) is 6.32. The van der Waals surface area contributed by atoms with E-state index in [-0.39, 0.29) is 6.04 Å². The summed E-state index contributed by atoms with van der Waals surface area (Å²) in [5.41, 5.74) is 7.13. The molecule has 2 aromatic heterocycles. The normalized spacial score (nSPS) is 12.7. The van der Waals surface area contributed by atoms with Crippen LogP contribution >= 0.6 is 27.3 Å². The summed E-state index contributed by atoms with van der Waals surface area (Å²) in [6.45, 7) is 0. The molecule has 0 aliphatic rings. The maximum absolute atomic E-state index is 6.09. The van der Waals surface area contributed by atoms with Crippen molar-refractivity contribution in [2.24, 2.45) is 5.73 Å². The lowest BCUT2D eigenvalue weighted by Gasteiger charge is -2.08. The van der Waals surface area contributed by atoms with Crippen molar-refractivity contribution in [3.8, 4) is 0 Å². The summed E-state index contributed by atoms with van der Waals surface area (Å²) in [6.07, 6.45) is 2.58. The molecule has 2 aromatic rings. The Bertz CT molecular complexity index is 427. The summed E-state index contributed by atoms with van der Waals surface area (Å²) in [7, 11) is 0. The van der Waals surface area contributed by atoms with Gasteiger partial charge in [-0.1, -0.05) is 6.07 Å². The fraction of sp³-hybridized carbons (Fsp3) is 0.182. The summed E-state index contributed by atoms with van der Waals surface area (Å²) < 4.78 is 1.10. The zero-order valence-electron chi connectivity index (χ0n) is 8.06. The molecule has 0 spiro atoms. The molecule has 0 aliphatic heterocycles. The second-order valence-corrected chi connectivity index (χ2v) is 5.16. The first kappa shape index (κ1) is 10.8. The molecule has 0 amide bonds. The summed E-state index contributed by atoms with van der Waals surface area (Å²) >= 11 is 5.10. The topological polar surface area (TPSA) is 38.9 Å². The van der Waals surface area contributed by atoms with Gasteiger partial charge in [0.15, 0.2) is 0 Å². The maximum Gasteiger partial charge on any atom is 0.0446 e. The minimum absolute atomic E-state index is 0.0381. The van der Waals surface area contributed by atoms with Crippen LogP contribution in [0.2, 0.25) is 0 Å². The molecular weight excluding hydrogens is 272 g/mol. The van der Waals surface area contributed by atoms with Crippen molar-refractivity contribution >= 4 is 27.3 Å². The van der Waals surface area contributed by atoms with Crippen LogP contribution in [-0.4, -0.2) is 4.98 Å². The van der Waals surface area contributed by atoms with Gasteiger partial charge < -0.3 is 5.73 Å². The summed E-state index contributed by atoms with van der Waals surface area (Å²) in [4.78, 5) is 5.45. The largest absolute Gasteiger partial charge is 0.323 e. The molecule has 0 aliphatic carbocycles. The number of thiophene rings is 1. The third-order valence-corrected chi connectivity index (χ3v) is 3.93. The van der Waals surface area contributed by atoms with Gasteiger partial charge in [-0.05, 0) is 34.1 Å². The van der Waals surface area contributed by atoms with Gasteiger partial charge in [-0.15, -0.1) is 11.3 Å². The Labute approximate surface area is 101 Å². The summed E-state index contributed by atoms with van der Waals surface area (Å²) in [5.74, 6) is 0. The number of pyridine rings is 1. The third-order valence-electron chi connectivity index (χ3n) is 2.11. The predicted molar refractivity (Wildman–Crippen MR) is 66.9 cm³/mol. The molecule has 2 rings (SSSR count). The highest BCUT2D eigenvalue weighted by Crippen LogP contribution is 2.25. The zero-order chi connectivity index (χ0) is 10.7. The lowest BCUT2D eigenvalue weighted by Crippen LogP contribution is -2.12. The first-order chi connectivity index (χ1) is 7.25. The van der Waals surface area contributed by atoms with Gasteiger partial charge in [0, 0.05) is 39.1 Å². The smallest absolute Gasteiger partial charge is 0.0446 e. The van der Waals surface area contributed by atoms with E-state index < -0.39 is 0 Å². The van der Waals surface area contributed by atoms with E-state index in [1.807, 2.05) is 23.6 Å². The summed E-state index contributed by atoms with van der Waals surface area (Å²) in [6, 6.07) is 8.01. The van der Waals surface area contributed by atoms with E-state index in [1.165, 1.54) is 4.88 Å². The average molecular weight is 283 g/mol. The lowest BCUT2D eigenvalue weighted by molar-refractivity contribution is 0.720. The quantitative estimate of drug-likeness (QED) is 0.939. The van der Waals surface area contributed by atoms with E-state index in [0.29, 0.717) is 0 Å². The van der Waals surface area contributed by atoms with Crippen molar-refractivity contribution in [2.75, 3.05) is 0 Å². The number of nitrogens with zero attached hydrogens (tertiary/aromatic N) is 1. The van der Waals surface area contributed by atoms with Crippen LogP contribution in [0.15, 0.2) is 40.3 Å². The Morgan fingerprint density at radius 2 is 2.33 bits per heavy atom. The fourth-order valence-electron chi connectivity index (χ4n) is 1.37. The number of aromatic nitrogens is 1. The van der Waals surface area contributed by atoms with Crippen molar-refractivity contribution < 1.29 is 0 Å². The van der Waals surface area contributed by atoms with Crippen molar-refractivity contribution in [2.45, 2.75) is 12.5 Å². The van der Waals surface area contributed by atoms with Gasteiger partial charge in [0.25, 0.3) is 0 Å². The molecule has 1 atom stereocenters. The van der Waals surface area contributed by atoms with Gasteiger partial charge in [-0.2, -0.15) is 0 Å². The third kappa shape index (κ3) is 2.87. The second kappa shape index (κ2) is 4.88. The molecule has 0 radical (unpaired) electrons. The Morgan fingerprint density at radius 3 is 2.93 bits per heavy atom. The van der Waals surface area contributed by atoms with Crippen LogP contribution in [0.4, 0.5) is 0 Å². The number of hydrogen-bond donors (Lipinski definition) is 1. The van der Waals surface area contributed by atoms with Crippen LogP contribution in [0.1, 0.15) is 16.6 Å². The number of halogens is 1. The van der Waals surface area contributed by atoms with Gasteiger partial charge in [0.05, 0.1) is 0 Å². The van der Waals surface area contributed by atoms with Gasteiger partial charge in [0.2, 0.25) is 0 Å². The molecule has 0 saturated carbocycles. The van der Waals surface area contributed by atoms with Crippen LogP contribution in [-0.2, 0) is 6.42 Å². The highest BCUT2D eigenvalue weighted by Gasteiger charge is 2.09. The fourth-order valence-corrected chi connectivity index (χ4v) is 2.82. The Kier molecular flexibility index (Phi) is 3.51. The van der Waals surface area contributed by atoms with Crippen molar-refractivity contribution in [1.29, 1.82) is 0 Å². The Balaban J connectivity index is 2.07. The van der Waals surface area contributed by atoms with E-state index in [2.05, 4.69) is 27.0 Å². The van der Waals surface area contributed by atoms with E-state index in [1.54, 1.807) is 17.5 Å². The van der Waals surface area contributed by atoms with Crippen LogP contribution in [0.25, 0.3) is 0 Å². The molecule has 0 saturated heterocycles. The Hall–Kier alpha value is -0.710. The molecule has 4 heteroatoms. The average Bonchev–Trinajstić information content (AvgIpc) is 2.66. The van der Waals surface area contributed by atoms with Gasteiger partial charge in [-0.25, -0.2) is 0 Å². The Morgan fingerprint density at radius 1 is 1.47 bits per heavy atom. The molecule has 0 aromatic carbocycles. The number of nitrogens with two attached hydrogens (primary N) is 1. The second-order valence-electron chi connectivity index (χ2n) is 3.30. The molecule has 78 valence electrons. The van der Waals surface area contributed by atoms with E-state index in [0.717, 1.165) is 16.6 Å². The van der Waals surface area contributed by atoms with Crippen molar-refractivity contribution in [3.05, 3.63) is 50.9 Å². The van der Waals surface area contributed by atoms with E-state index in [9.17, 15) is 0 Å². The minimum atomic E-state index is 0.0381. The van der Waals surface area contributed by atoms with Crippen LogP contribution in [0, 0.1) is 0 Å². The molecule has 1 unspecified atom stereocenters. The number of hydrogen-bond acceptors (Lipinski definition) is 3. The van der Waals surface area contributed by atoms with Gasteiger partial charge in [0.1, 0.15) is 0 Å². The van der Waals surface area contributed by atoms with E-state index in [4.69, 9.17) is 5.73 Å². The van der Waals surface area contributed by atoms with Crippen LogP contribution in [0.5, 0.6) is 0 Å². The first-order valence-electron chi connectivity index (χ1n) is 4.65. The molecular formula is C11H11BrN2S. The van der Waals surface area contributed by atoms with Crippen molar-refractivity contribution in [3.63, 3.8) is 0 Å². The lowest BCUT2D eigenvalue weighted by atomic mass is 10.1. The monoisotopic (exact) mass is 282 g/mol. The standard InChI is InChI=1S/C11H11BrN2S/c12-8-5-11(15-7-8)10(13)6-9-3-1-2-4-14-9/h1-5,7,10H,6,13H2. The molecule has 2 heterocycles.